The molecular formula is C19H30N4O3S. The van der Waals surface area contributed by atoms with Gasteiger partial charge < -0.3 is 20.1 Å². The van der Waals surface area contributed by atoms with Crippen molar-refractivity contribution in [1.82, 2.24) is 14.3 Å². The zero-order valence-corrected chi connectivity index (χ0v) is 17.2. The summed E-state index contributed by atoms with van der Waals surface area (Å²) in [6.07, 6.45) is 7.95. The van der Waals surface area contributed by atoms with Crippen molar-refractivity contribution in [3.63, 3.8) is 0 Å². The average molecular weight is 395 g/mol. The van der Waals surface area contributed by atoms with E-state index < -0.39 is 5.60 Å². The molecule has 0 radical (unpaired) electrons. The summed E-state index contributed by atoms with van der Waals surface area (Å²) in [7, 11) is 1.63. The highest BCUT2D eigenvalue weighted by atomic mass is 32.1. The van der Waals surface area contributed by atoms with Crippen LogP contribution in [-0.4, -0.2) is 57.6 Å². The summed E-state index contributed by atoms with van der Waals surface area (Å²) in [6, 6.07) is 0. The maximum atomic E-state index is 12.9. The van der Waals surface area contributed by atoms with Crippen LogP contribution < -0.4 is 5.32 Å². The molecule has 0 saturated carbocycles. The van der Waals surface area contributed by atoms with Crippen molar-refractivity contribution in [3.8, 4) is 0 Å². The zero-order valence-electron chi connectivity index (χ0n) is 16.4. The molecule has 2 heterocycles. The van der Waals surface area contributed by atoms with Crippen molar-refractivity contribution in [2.45, 2.75) is 57.7 Å². The number of rotatable bonds is 6. The third-order valence-electron chi connectivity index (χ3n) is 5.82. The van der Waals surface area contributed by atoms with Gasteiger partial charge in [0.15, 0.2) is 5.82 Å². The highest BCUT2D eigenvalue weighted by molar-refractivity contribution is 7.09. The van der Waals surface area contributed by atoms with E-state index >= 15 is 0 Å². The van der Waals surface area contributed by atoms with E-state index in [1.165, 1.54) is 11.5 Å². The molecule has 150 valence electrons. The molecule has 1 aliphatic heterocycles. The van der Waals surface area contributed by atoms with Crippen molar-refractivity contribution in [1.29, 1.82) is 0 Å². The van der Waals surface area contributed by atoms with Gasteiger partial charge in [0.2, 0.25) is 11.0 Å². The van der Waals surface area contributed by atoms with Gasteiger partial charge in [0.05, 0.1) is 11.0 Å². The zero-order chi connectivity index (χ0) is 19.5. The summed E-state index contributed by atoms with van der Waals surface area (Å²) in [5.41, 5.74) is -1.12. The molecule has 0 spiro atoms. The van der Waals surface area contributed by atoms with Crippen LogP contribution in [0.3, 0.4) is 0 Å². The molecule has 1 aliphatic carbocycles. The minimum Gasteiger partial charge on any atom is -0.388 e. The number of hydrogen-bond donors (Lipinski definition) is 2. The standard InChI is InChI=1S/C19H30N4O3S/c1-14(26-3)15-21-17(27-22-15)20-13-19(25)9-11-23(12-10-19)16(24)18(2)7-5-4-6-8-18/h4-5,14,25H,6-13H2,1-3H3,(H,20,21,22). The van der Waals surface area contributed by atoms with E-state index in [1.807, 2.05) is 11.8 Å². The van der Waals surface area contributed by atoms with E-state index in [2.05, 4.69) is 33.8 Å². The van der Waals surface area contributed by atoms with Gasteiger partial charge in [-0.2, -0.15) is 4.37 Å². The predicted octanol–water partition coefficient (Wildman–Crippen LogP) is 2.76. The van der Waals surface area contributed by atoms with Crippen LogP contribution >= 0.6 is 11.5 Å². The summed E-state index contributed by atoms with van der Waals surface area (Å²) in [5.74, 6) is 0.872. The van der Waals surface area contributed by atoms with Crippen LogP contribution in [0.2, 0.25) is 0 Å². The smallest absolute Gasteiger partial charge is 0.228 e. The number of aromatic nitrogens is 2. The fraction of sp³-hybridized carbons (Fsp3) is 0.737. The maximum Gasteiger partial charge on any atom is 0.228 e. The lowest BCUT2D eigenvalue weighted by molar-refractivity contribution is -0.145. The highest BCUT2D eigenvalue weighted by Crippen LogP contribution is 2.36. The van der Waals surface area contributed by atoms with Gasteiger partial charge in [-0.3, -0.25) is 4.79 Å². The normalized spacial score (nSPS) is 26.0. The first-order valence-electron chi connectivity index (χ1n) is 9.62. The first kappa shape index (κ1) is 20.2. The molecule has 0 bridgehead atoms. The van der Waals surface area contributed by atoms with Crippen molar-refractivity contribution in [2.75, 3.05) is 32.1 Å². The molecule has 1 fully saturated rings. The number of piperidine rings is 1. The number of nitrogens with one attached hydrogen (secondary N) is 1. The largest absolute Gasteiger partial charge is 0.388 e. The molecule has 0 aromatic carbocycles. The first-order valence-corrected chi connectivity index (χ1v) is 10.4. The quantitative estimate of drug-likeness (QED) is 0.722. The number of carbonyl (C=O) groups excluding carboxylic acids is 1. The van der Waals surface area contributed by atoms with Gasteiger partial charge in [0.1, 0.15) is 6.10 Å². The summed E-state index contributed by atoms with van der Waals surface area (Å²) in [6.45, 7) is 5.56. The molecular weight excluding hydrogens is 364 g/mol. The van der Waals surface area contributed by atoms with Crippen LogP contribution in [0.15, 0.2) is 12.2 Å². The number of anilines is 1. The molecule has 2 atom stereocenters. The Labute approximate surface area is 165 Å². The molecule has 3 rings (SSSR count). The van der Waals surface area contributed by atoms with Gasteiger partial charge in [-0.15, -0.1) is 0 Å². The van der Waals surface area contributed by atoms with Crippen molar-refractivity contribution < 1.29 is 14.6 Å². The summed E-state index contributed by atoms with van der Waals surface area (Å²) in [4.78, 5) is 19.3. The van der Waals surface area contributed by atoms with E-state index in [4.69, 9.17) is 4.74 Å². The third-order valence-corrected chi connectivity index (χ3v) is 6.51. The Bertz CT molecular complexity index is 684. The molecule has 1 aromatic rings. The number of likely N-dealkylation sites (tertiary alicyclic amines) is 1. The van der Waals surface area contributed by atoms with Crippen LogP contribution in [0.5, 0.6) is 0 Å². The predicted molar refractivity (Wildman–Crippen MR) is 106 cm³/mol. The maximum absolute atomic E-state index is 12.9. The van der Waals surface area contributed by atoms with Crippen molar-refractivity contribution >= 4 is 22.6 Å². The Morgan fingerprint density at radius 2 is 2.15 bits per heavy atom. The number of nitrogens with zero attached hydrogens (tertiary/aromatic N) is 3. The van der Waals surface area contributed by atoms with E-state index in [1.54, 1.807) is 7.11 Å². The number of amides is 1. The van der Waals surface area contributed by atoms with Crippen LogP contribution in [0.4, 0.5) is 5.13 Å². The Balaban J connectivity index is 1.51. The summed E-state index contributed by atoms with van der Waals surface area (Å²) in [5, 5.41) is 14.8. The number of aliphatic hydroxyl groups is 1. The molecule has 7 nitrogen and oxygen atoms in total. The van der Waals surface area contributed by atoms with E-state index in [0.29, 0.717) is 43.4 Å². The lowest BCUT2D eigenvalue weighted by Gasteiger charge is -2.42. The average Bonchev–Trinajstić information content (AvgIpc) is 3.16. The van der Waals surface area contributed by atoms with Gasteiger partial charge >= 0.3 is 0 Å². The highest BCUT2D eigenvalue weighted by Gasteiger charge is 2.40. The number of hydrogen-bond acceptors (Lipinski definition) is 7. The van der Waals surface area contributed by atoms with E-state index in [9.17, 15) is 9.90 Å². The molecule has 2 unspecified atom stereocenters. The summed E-state index contributed by atoms with van der Waals surface area (Å²) < 4.78 is 9.49. The SMILES string of the molecule is COC(C)c1nsc(NCC2(O)CCN(C(=O)C3(C)CC=CCC3)CC2)n1. The number of allylic oxidation sites excluding steroid dienone is 2. The second-order valence-electron chi connectivity index (χ2n) is 7.98. The lowest BCUT2D eigenvalue weighted by Crippen LogP contribution is -2.53. The number of methoxy groups -OCH3 is 1. The molecule has 2 aliphatic rings. The molecule has 1 aromatic heterocycles. The van der Waals surface area contributed by atoms with Gasteiger partial charge in [0, 0.05) is 38.3 Å². The minimum atomic E-state index is -0.830. The van der Waals surface area contributed by atoms with Crippen molar-refractivity contribution in [2.24, 2.45) is 5.41 Å². The van der Waals surface area contributed by atoms with E-state index in [-0.39, 0.29) is 17.4 Å². The molecule has 2 N–H and O–H groups in total. The Morgan fingerprint density at radius 3 is 2.78 bits per heavy atom. The Morgan fingerprint density at radius 1 is 1.41 bits per heavy atom. The monoisotopic (exact) mass is 394 g/mol. The first-order chi connectivity index (χ1) is 12.9. The van der Waals surface area contributed by atoms with Crippen LogP contribution in [-0.2, 0) is 9.53 Å². The second kappa shape index (κ2) is 8.24. The van der Waals surface area contributed by atoms with Crippen LogP contribution in [0, 0.1) is 5.41 Å². The molecule has 1 saturated heterocycles. The van der Waals surface area contributed by atoms with Crippen molar-refractivity contribution in [3.05, 3.63) is 18.0 Å². The summed E-state index contributed by atoms with van der Waals surface area (Å²) >= 11 is 1.27. The topological polar surface area (TPSA) is 87.6 Å². The molecule has 1 amide bonds. The third kappa shape index (κ3) is 4.67. The fourth-order valence-electron chi connectivity index (χ4n) is 3.66. The van der Waals surface area contributed by atoms with Gasteiger partial charge in [-0.1, -0.05) is 19.1 Å². The van der Waals surface area contributed by atoms with Gasteiger partial charge in [-0.05, 0) is 39.0 Å². The second-order valence-corrected chi connectivity index (χ2v) is 8.73. The Kier molecular flexibility index (Phi) is 6.18. The Hall–Kier alpha value is -1.51. The molecule has 27 heavy (non-hydrogen) atoms. The van der Waals surface area contributed by atoms with E-state index in [0.717, 1.165) is 19.3 Å². The molecule has 8 heteroatoms. The number of ether oxygens (including phenoxy) is 1. The van der Waals surface area contributed by atoms with Gasteiger partial charge in [0.25, 0.3) is 0 Å². The minimum absolute atomic E-state index is 0.148. The van der Waals surface area contributed by atoms with Crippen LogP contribution in [0.1, 0.15) is 57.9 Å². The van der Waals surface area contributed by atoms with Crippen LogP contribution in [0.25, 0.3) is 0 Å². The number of carbonyl (C=O) groups is 1. The lowest BCUT2D eigenvalue weighted by atomic mass is 9.77. The van der Waals surface area contributed by atoms with Gasteiger partial charge in [-0.25, -0.2) is 4.98 Å². The fourth-order valence-corrected chi connectivity index (χ4v) is 4.30.